The van der Waals surface area contributed by atoms with E-state index >= 15 is 0 Å². The number of rotatable bonds is 2. The van der Waals surface area contributed by atoms with Crippen molar-refractivity contribution in [1.82, 2.24) is 4.57 Å². The van der Waals surface area contributed by atoms with E-state index < -0.39 is 0 Å². The Hall–Kier alpha value is -1.09. The van der Waals surface area contributed by atoms with Gasteiger partial charge in [-0.25, -0.2) is 4.39 Å². The first-order chi connectivity index (χ1) is 7.58. The van der Waals surface area contributed by atoms with Crippen LogP contribution in [0.25, 0.3) is 0 Å². The molecule has 0 aliphatic rings. The lowest BCUT2D eigenvalue weighted by atomic mass is 10.2. The number of nitrogens with zero attached hydrogens (tertiary/aromatic N) is 1. The zero-order valence-electron chi connectivity index (χ0n) is 9.30. The highest BCUT2D eigenvalue weighted by atomic mass is 79.9. The standard InChI is InChI=1S/C13H13BrFN/c1-9-3-4-10(2)16(9)8-11-7-12(14)5-6-13(11)15/h3-7H,8H2,1-2H3. The van der Waals surface area contributed by atoms with Crippen LogP contribution in [-0.2, 0) is 6.54 Å². The predicted octanol–water partition coefficient (Wildman–Crippen LogP) is 4.05. The maximum absolute atomic E-state index is 13.6. The van der Waals surface area contributed by atoms with E-state index in [9.17, 15) is 4.39 Å². The van der Waals surface area contributed by atoms with Crippen LogP contribution in [0, 0.1) is 19.7 Å². The second-order valence-electron chi connectivity index (χ2n) is 3.94. The van der Waals surface area contributed by atoms with Crippen LogP contribution >= 0.6 is 15.9 Å². The van der Waals surface area contributed by atoms with E-state index in [0.717, 1.165) is 15.9 Å². The van der Waals surface area contributed by atoms with Gasteiger partial charge in [0.15, 0.2) is 0 Å². The monoisotopic (exact) mass is 281 g/mol. The zero-order chi connectivity index (χ0) is 11.7. The molecule has 0 unspecified atom stereocenters. The van der Waals surface area contributed by atoms with Gasteiger partial charge in [-0.1, -0.05) is 15.9 Å². The fourth-order valence-electron chi connectivity index (χ4n) is 1.78. The molecule has 0 bridgehead atoms. The number of aryl methyl sites for hydroxylation is 2. The SMILES string of the molecule is Cc1ccc(C)n1Cc1cc(Br)ccc1F. The molecule has 0 spiro atoms. The van der Waals surface area contributed by atoms with Gasteiger partial charge in [0.1, 0.15) is 5.82 Å². The molecule has 0 saturated carbocycles. The molecule has 0 aliphatic carbocycles. The van der Waals surface area contributed by atoms with Crippen molar-refractivity contribution < 1.29 is 4.39 Å². The Bertz CT molecular complexity index is 497. The van der Waals surface area contributed by atoms with E-state index in [1.54, 1.807) is 6.07 Å². The molecular weight excluding hydrogens is 269 g/mol. The van der Waals surface area contributed by atoms with Gasteiger partial charge in [-0.05, 0) is 44.2 Å². The summed E-state index contributed by atoms with van der Waals surface area (Å²) >= 11 is 3.36. The minimum absolute atomic E-state index is 0.157. The third kappa shape index (κ3) is 2.19. The Kier molecular flexibility index (Phi) is 3.15. The summed E-state index contributed by atoms with van der Waals surface area (Å²) in [6.07, 6.45) is 0. The number of halogens is 2. The molecule has 2 rings (SSSR count). The minimum Gasteiger partial charge on any atom is -0.345 e. The molecule has 1 heterocycles. The van der Waals surface area contributed by atoms with Crippen molar-refractivity contribution in [2.45, 2.75) is 20.4 Å². The molecule has 0 amide bonds. The molecule has 1 aromatic heterocycles. The lowest BCUT2D eigenvalue weighted by Gasteiger charge is -2.10. The quantitative estimate of drug-likeness (QED) is 0.783. The Morgan fingerprint density at radius 1 is 1.12 bits per heavy atom. The Morgan fingerprint density at radius 3 is 2.38 bits per heavy atom. The van der Waals surface area contributed by atoms with E-state index in [-0.39, 0.29) is 5.82 Å². The molecule has 3 heteroatoms. The molecule has 1 nitrogen and oxygen atoms in total. The molecule has 16 heavy (non-hydrogen) atoms. The van der Waals surface area contributed by atoms with Crippen LogP contribution < -0.4 is 0 Å². The predicted molar refractivity (Wildman–Crippen MR) is 67.1 cm³/mol. The van der Waals surface area contributed by atoms with E-state index in [2.05, 4.69) is 20.5 Å². The van der Waals surface area contributed by atoms with Crippen molar-refractivity contribution in [3.63, 3.8) is 0 Å². The molecule has 0 fully saturated rings. The lowest BCUT2D eigenvalue weighted by Crippen LogP contribution is -2.05. The highest BCUT2D eigenvalue weighted by Gasteiger charge is 2.06. The molecule has 2 aromatic rings. The van der Waals surface area contributed by atoms with Gasteiger partial charge in [-0.2, -0.15) is 0 Å². The van der Waals surface area contributed by atoms with E-state index in [4.69, 9.17) is 0 Å². The number of benzene rings is 1. The van der Waals surface area contributed by atoms with Gasteiger partial charge in [0.05, 0.1) is 6.54 Å². The van der Waals surface area contributed by atoms with Crippen LogP contribution in [0.4, 0.5) is 4.39 Å². The van der Waals surface area contributed by atoms with E-state index in [1.807, 2.05) is 32.0 Å². The van der Waals surface area contributed by atoms with Crippen LogP contribution in [-0.4, -0.2) is 4.57 Å². The highest BCUT2D eigenvalue weighted by Crippen LogP contribution is 2.18. The van der Waals surface area contributed by atoms with Crippen LogP contribution in [0.3, 0.4) is 0 Å². The molecule has 1 aromatic carbocycles. The van der Waals surface area contributed by atoms with E-state index in [0.29, 0.717) is 12.1 Å². The van der Waals surface area contributed by atoms with Gasteiger partial charge in [0.25, 0.3) is 0 Å². The maximum Gasteiger partial charge on any atom is 0.128 e. The molecule has 84 valence electrons. The van der Waals surface area contributed by atoms with Gasteiger partial charge in [0, 0.05) is 21.4 Å². The molecule has 0 aliphatic heterocycles. The van der Waals surface area contributed by atoms with Gasteiger partial charge in [-0.3, -0.25) is 0 Å². The largest absolute Gasteiger partial charge is 0.345 e. The van der Waals surface area contributed by atoms with Crippen LogP contribution in [0.2, 0.25) is 0 Å². The summed E-state index contributed by atoms with van der Waals surface area (Å²) in [6, 6.07) is 9.13. The van der Waals surface area contributed by atoms with Crippen molar-refractivity contribution in [3.05, 3.63) is 57.6 Å². The van der Waals surface area contributed by atoms with E-state index in [1.165, 1.54) is 6.07 Å². The summed E-state index contributed by atoms with van der Waals surface area (Å²) < 4.78 is 16.6. The maximum atomic E-state index is 13.6. The third-order valence-corrected chi connectivity index (χ3v) is 3.25. The van der Waals surface area contributed by atoms with Crippen molar-refractivity contribution in [1.29, 1.82) is 0 Å². The second kappa shape index (κ2) is 4.42. The van der Waals surface area contributed by atoms with Gasteiger partial charge >= 0.3 is 0 Å². The summed E-state index contributed by atoms with van der Waals surface area (Å²) in [4.78, 5) is 0. The van der Waals surface area contributed by atoms with Crippen LogP contribution in [0.15, 0.2) is 34.8 Å². The Labute approximate surface area is 103 Å². The van der Waals surface area contributed by atoms with Gasteiger partial charge in [0.2, 0.25) is 0 Å². The Balaban J connectivity index is 2.37. The molecule has 0 saturated heterocycles. The number of aromatic nitrogens is 1. The fraction of sp³-hybridized carbons (Fsp3) is 0.231. The molecule has 0 radical (unpaired) electrons. The highest BCUT2D eigenvalue weighted by molar-refractivity contribution is 9.10. The third-order valence-electron chi connectivity index (χ3n) is 2.75. The average Bonchev–Trinajstić information content (AvgIpc) is 2.55. The first-order valence-electron chi connectivity index (χ1n) is 5.14. The smallest absolute Gasteiger partial charge is 0.128 e. The minimum atomic E-state index is -0.157. The zero-order valence-corrected chi connectivity index (χ0v) is 10.9. The van der Waals surface area contributed by atoms with Crippen LogP contribution in [0.1, 0.15) is 17.0 Å². The Morgan fingerprint density at radius 2 is 1.75 bits per heavy atom. The fourth-order valence-corrected chi connectivity index (χ4v) is 2.19. The summed E-state index contributed by atoms with van der Waals surface area (Å²) in [6.45, 7) is 4.64. The molecule has 0 atom stereocenters. The number of hydrogen-bond acceptors (Lipinski definition) is 0. The summed E-state index contributed by atoms with van der Waals surface area (Å²) in [5.74, 6) is -0.157. The normalized spacial score (nSPS) is 10.8. The van der Waals surface area contributed by atoms with Crippen molar-refractivity contribution in [2.75, 3.05) is 0 Å². The van der Waals surface area contributed by atoms with Crippen molar-refractivity contribution in [3.8, 4) is 0 Å². The molecule has 0 N–H and O–H groups in total. The first kappa shape index (κ1) is 11.4. The summed E-state index contributed by atoms with van der Waals surface area (Å²) in [5, 5.41) is 0. The first-order valence-corrected chi connectivity index (χ1v) is 5.94. The average molecular weight is 282 g/mol. The van der Waals surface area contributed by atoms with Gasteiger partial charge < -0.3 is 4.57 Å². The van der Waals surface area contributed by atoms with Crippen LogP contribution in [0.5, 0.6) is 0 Å². The summed E-state index contributed by atoms with van der Waals surface area (Å²) in [5.41, 5.74) is 3.01. The lowest BCUT2D eigenvalue weighted by molar-refractivity contribution is 0.595. The topological polar surface area (TPSA) is 4.93 Å². The summed E-state index contributed by atoms with van der Waals surface area (Å²) in [7, 11) is 0. The van der Waals surface area contributed by atoms with Gasteiger partial charge in [-0.15, -0.1) is 0 Å². The molecular formula is C13H13BrFN. The number of hydrogen-bond donors (Lipinski definition) is 0. The van der Waals surface area contributed by atoms with Crippen molar-refractivity contribution >= 4 is 15.9 Å². The van der Waals surface area contributed by atoms with Crippen molar-refractivity contribution in [2.24, 2.45) is 0 Å². The second-order valence-corrected chi connectivity index (χ2v) is 4.85.